The van der Waals surface area contributed by atoms with Crippen molar-refractivity contribution in [3.05, 3.63) is 72.1 Å². The molecule has 2 N–H and O–H groups in total. The number of hydrogen-bond donors (Lipinski definition) is 2. The van der Waals surface area contributed by atoms with Gasteiger partial charge in [-0.1, -0.05) is 18.2 Å². The molecule has 0 aliphatic rings. The van der Waals surface area contributed by atoms with Crippen LogP contribution < -0.4 is 15.4 Å². The number of halogens is 3. The molecule has 9 heteroatoms. The number of carbonyl (C=O) groups is 1. The fraction of sp³-hybridized carbons (Fsp3) is 0.105. The summed E-state index contributed by atoms with van der Waals surface area (Å²) in [6.07, 6.45) is -2.13. The quantitative estimate of drug-likeness (QED) is 0.673. The molecule has 0 saturated heterocycles. The van der Waals surface area contributed by atoms with Crippen molar-refractivity contribution in [2.75, 3.05) is 17.7 Å². The van der Waals surface area contributed by atoms with Gasteiger partial charge in [0, 0.05) is 24.1 Å². The van der Waals surface area contributed by atoms with E-state index in [9.17, 15) is 18.0 Å². The van der Waals surface area contributed by atoms with E-state index in [0.29, 0.717) is 11.4 Å². The molecule has 1 heterocycles. The molecule has 0 fully saturated rings. The molecule has 0 spiro atoms. The van der Waals surface area contributed by atoms with Crippen LogP contribution in [0.25, 0.3) is 0 Å². The molecule has 28 heavy (non-hydrogen) atoms. The van der Waals surface area contributed by atoms with Crippen molar-refractivity contribution in [1.29, 1.82) is 0 Å². The number of nitrogens with zero attached hydrogens (tertiary/aromatic N) is 2. The van der Waals surface area contributed by atoms with Crippen LogP contribution in [-0.2, 0) is 6.18 Å². The standard InChI is InChI=1S/C19H15F3N4O2/c1-28-14-6-4-5-13(9-14)25-18-23-10-12(11-24-18)17(27)26-16-8-3-2-7-15(16)19(20,21)22/h2-11H,1H3,(H,26,27)(H,23,24,25). The van der Waals surface area contributed by atoms with Crippen LogP contribution in [0.15, 0.2) is 60.9 Å². The van der Waals surface area contributed by atoms with E-state index in [4.69, 9.17) is 4.74 Å². The summed E-state index contributed by atoms with van der Waals surface area (Å²) in [6.45, 7) is 0. The van der Waals surface area contributed by atoms with Crippen LogP contribution in [0.1, 0.15) is 15.9 Å². The van der Waals surface area contributed by atoms with Crippen LogP contribution in [0.5, 0.6) is 5.75 Å². The monoisotopic (exact) mass is 388 g/mol. The summed E-state index contributed by atoms with van der Waals surface area (Å²) < 4.78 is 44.2. The summed E-state index contributed by atoms with van der Waals surface area (Å²) in [7, 11) is 1.54. The molecule has 3 aromatic rings. The summed E-state index contributed by atoms with van der Waals surface area (Å²) in [5.41, 5.74) is -0.567. The number of carbonyl (C=O) groups excluding carboxylic acids is 1. The summed E-state index contributed by atoms with van der Waals surface area (Å²) in [6, 6.07) is 11.8. The van der Waals surface area contributed by atoms with Gasteiger partial charge in [-0.3, -0.25) is 4.79 Å². The first-order chi connectivity index (χ1) is 13.4. The SMILES string of the molecule is COc1cccc(Nc2ncc(C(=O)Nc3ccccc3C(F)(F)F)cn2)c1. The maximum Gasteiger partial charge on any atom is 0.418 e. The zero-order valence-electron chi connectivity index (χ0n) is 14.6. The van der Waals surface area contributed by atoms with Crippen molar-refractivity contribution in [1.82, 2.24) is 9.97 Å². The first kappa shape index (κ1) is 19.2. The van der Waals surface area contributed by atoms with Crippen LogP contribution in [0.2, 0.25) is 0 Å². The molecular formula is C19H15F3N4O2. The summed E-state index contributed by atoms with van der Waals surface area (Å²) in [4.78, 5) is 20.3. The number of para-hydroxylation sites is 1. The number of amides is 1. The van der Waals surface area contributed by atoms with Crippen molar-refractivity contribution in [3.8, 4) is 5.75 Å². The number of aromatic nitrogens is 2. The lowest BCUT2D eigenvalue weighted by Crippen LogP contribution is -2.17. The van der Waals surface area contributed by atoms with Crippen LogP contribution in [-0.4, -0.2) is 23.0 Å². The number of anilines is 3. The molecular weight excluding hydrogens is 373 g/mol. The van der Waals surface area contributed by atoms with Crippen LogP contribution in [0.4, 0.5) is 30.5 Å². The topological polar surface area (TPSA) is 76.1 Å². The van der Waals surface area contributed by atoms with Crippen LogP contribution >= 0.6 is 0 Å². The first-order valence-corrected chi connectivity index (χ1v) is 8.07. The van der Waals surface area contributed by atoms with Crippen molar-refractivity contribution < 1.29 is 22.7 Å². The zero-order valence-corrected chi connectivity index (χ0v) is 14.6. The van der Waals surface area contributed by atoms with E-state index >= 15 is 0 Å². The van der Waals surface area contributed by atoms with Gasteiger partial charge in [0.1, 0.15) is 5.75 Å². The van der Waals surface area contributed by atoms with Crippen molar-refractivity contribution in [3.63, 3.8) is 0 Å². The molecule has 6 nitrogen and oxygen atoms in total. The molecule has 0 aliphatic heterocycles. The first-order valence-electron chi connectivity index (χ1n) is 8.07. The number of nitrogens with one attached hydrogen (secondary N) is 2. The molecule has 0 atom stereocenters. The molecule has 0 unspecified atom stereocenters. The second-order valence-corrected chi connectivity index (χ2v) is 5.65. The fourth-order valence-electron chi connectivity index (χ4n) is 2.37. The van der Waals surface area contributed by atoms with Gasteiger partial charge in [-0.05, 0) is 24.3 Å². The molecule has 0 saturated carbocycles. The Labute approximate surface area is 158 Å². The predicted molar refractivity (Wildman–Crippen MR) is 97.7 cm³/mol. The normalized spacial score (nSPS) is 11.0. The number of benzene rings is 2. The molecule has 0 aliphatic carbocycles. The average molecular weight is 388 g/mol. The zero-order chi connectivity index (χ0) is 20.1. The third kappa shape index (κ3) is 4.56. The highest BCUT2D eigenvalue weighted by atomic mass is 19.4. The Morgan fingerprint density at radius 2 is 1.75 bits per heavy atom. The molecule has 1 amide bonds. The van der Waals surface area contributed by atoms with Gasteiger partial charge in [-0.2, -0.15) is 13.2 Å². The van der Waals surface area contributed by atoms with E-state index in [0.717, 1.165) is 6.07 Å². The van der Waals surface area contributed by atoms with Gasteiger partial charge < -0.3 is 15.4 Å². The van der Waals surface area contributed by atoms with E-state index in [1.165, 1.54) is 30.6 Å². The minimum atomic E-state index is -4.58. The van der Waals surface area contributed by atoms with Crippen molar-refractivity contribution >= 4 is 23.2 Å². The number of ether oxygens (including phenoxy) is 1. The van der Waals surface area contributed by atoms with E-state index in [2.05, 4.69) is 20.6 Å². The Balaban J connectivity index is 1.72. The minimum absolute atomic E-state index is 0.0215. The highest BCUT2D eigenvalue weighted by Crippen LogP contribution is 2.34. The van der Waals surface area contributed by atoms with Crippen LogP contribution in [0, 0.1) is 0 Å². The van der Waals surface area contributed by atoms with Crippen molar-refractivity contribution in [2.45, 2.75) is 6.18 Å². The fourth-order valence-corrected chi connectivity index (χ4v) is 2.37. The lowest BCUT2D eigenvalue weighted by Gasteiger charge is -2.13. The Bertz CT molecular complexity index is 975. The number of rotatable bonds is 5. The minimum Gasteiger partial charge on any atom is -0.497 e. The molecule has 144 valence electrons. The van der Waals surface area contributed by atoms with Gasteiger partial charge in [0.15, 0.2) is 0 Å². The molecule has 3 rings (SSSR count). The van der Waals surface area contributed by atoms with Gasteiger partial charge in [0.05, 0.1) is 23.9 Å². The molecule has 1 aromatic heterocycles. The Kier molecular flexibility index (Phi) is 5.44. The summed E-state index contributed by atoms with van der Waals surface area (Å²) in [5.74, 6) is 0.120. The van der Waals surface area contributed by atoms with E-state index in [-0.39, 0.29) is 17.2 Å². The molecule has 0 bridgehead atoms. The predicted octanol–water partition coefficient (Wildman–Crippen LogP) is 4.50. The third-order valence-electron chi connectivity index (χ3n) is 3.72. The highest BCUT2D eigenvalue weighted by molar-refractivity contribution is 6.04. The Hall–Kier alpha value is -3.62. The summed E-state index contributed by atoms with van der Waals surface area (Å²) in [5, 5.41) is 5.18. The van der Waals surface area contributed by atoms with Gasteiger partial charge in [0.2, 0.25) is 5.95 Å². The number of methoxy groups -OCH3 is 1. The lowest BCUT2D eigenvalue weighted by molar-refractivity contribution is -0.136. The van der Waals surface area contributed by atoms with Gasteiger partial charge in [0.25, 0.3) is 5.91 Å². The maximum atomic E-state index is 13.0. The third-order valence-corrected chi connectivity index (χ3v) is 3.72. The van der Waals surface area contributed by atoms with E-state index < -0.39 is 17.6 Å². The second kappa shape index (κ2) is 7.95. The largest absolute Gasteiger partial charge is 0.497 e. The van der Waals surface area contributed by atoms with Gasteiger partial charge >= 0.3 is 6.18 Å². The second-order valence-electron chi connectivity index (χ2n) is 5.65. The van der Waals surface area contributed by atoms with Crippen LogP contribution in [0.3, 0.4) is 0 Å². The number of alkyl halides is 3. The molecule has 0 radical (unpaired) electrons. The lowest BCUT2D eigenvalue weighted by atomic mass is 10.1. The number of hydrogen-bond acceptors (Lipinski definition) is 5. The van der Waals surface area contributed by atoms with Gasteiger partial charge in [-0.25, -0.2) is 9.97 Å². The molecule has 2 aromatic carbocycles. The smallest absolute Gasteiger partial charge is 0.418 e. The van der Waals surface area contributed by atoms with E-state index in [1.807, 2.05) is 0 Å². The maximum absolute atomic E-state index is 13.0. The Morgan fingerprint density at radius 3 is 2.43 bits per heavy atom. The summed E-state index contributed by atoms with van der Waals surface area (Å²) >= 11 is 0. The average Bonchev–Trinajstić information content (AvgIpc) is 2.68. The van der Waals surface area contributed by atoms with Crippen molar-refractivity contribution in [2.24, 2.45) is 0 Å². The van der Waals surface area contributed by atoms with E-state index in [1.54, 1.807) is 31.4 Å². The highest BCUT2D eigenvalue weighted by Gasteiger charge is 2.33. The van der Waals surface area contributed by atoms with Gasteiger partial charge in [-0.15, -0.1) is 0 Å². The Morgan fingerprint density at radius 1 is 1.04 bits per heavy atom.